The predicted octanol–water partition coefficient (Wildman–Crippen LogP) is 1.24. The minimum atomic E-state index is -0.750. The molecule has 0 radical (unpaired) electrons. The van der Waals surface area contributed by atoms with E-state index in [9.17, 15) is 4.79 Å². The molecule has 1 aliphatic rings. The molecule has 1 amide bonds. The Morgan fingerprint density at radius 1 is 1.56 bits per heavy atom. The minimum Gasteiger partial charge on any atom is -0.392 e. The van der Waals surface area contributed by atoms with E-state index in [0.29, 0.717) is 6.04 Å². The molecule has 0 aliphatic carbocycles. The van der Waals surface area contributed by atoms with Crippen LogP contribution in [0.4, 0.5) is 0 Å². The Kier molecular flexibility index (Phi) is 5.10. The SMILES string of the molecule is CCN1CCCC1CN(C)C(=O)C(C)(C)C(N)=S. The Labute approximate surface area is 115 Å². The average molecular weight is 271 g/mol. The maximum atomic E-state index is 12.3. The maximum absolute atomic E-state index is 12.3. The normalized spacial score (nSPS) is 21.0. The molecule has 1 heterocycles. The molecule has 0 aromatic rings. The molecule has 1 saturated heterocycles. The molecule has 0 saturated carbocycles. The van der Waals surface area contributed by atoms with Gasteiger partial charge < -0.3 is 10.6 Å². The summed E-state index contributed by atoms with van der Waals surface area (Å²) in [4.78, 5) is 16.8. The van der Waals surface area contributed by atoms with Crippen LogP contribution in [0, 0.1) is 5.41 Å². The lowest BCUT2D eigenvalue weighted by Crippen LogP contribution is -2.49. The van der Waals surface area contributed by atoms with Gasteiger partial charge in [-0.15, -0.1) is 0 Å². The van der Waals surface area contributed by atoms with Gasteiger partial charge in [-0.05, 0) is 39.8 Å². The summed E-state index contributed by atoms with van der Waals surface area (Å²) in [7, 11) is 1.84. The highest BCUT2D eigenvalue weighted by atomic mass is 32.1. The van der Waals surface area contributed by atoms with Crippen molar-refractivity contribution in [1.29, 1.82) is 0 Å². The molecule has 1 atom stereocenters. The number of carbonyl (C=O) groups is 1. The van der Waals surface area contributed by atoms with Gasteiger partial charge in [0.05, 0.1) is 10.4 Å². The Morgan fingerprint density at radius 3 is 2.67 bits per heavy atom. The van der Waals surface area contributed by atoms with E-state index in [0.717, 1.165) is 19.6 Å². The molecule has 4 nitrogen and oxygen atoms in total. The molecule has 2 N–H and O–H groups in total. The molecule has 0 bridgehead atoms. The summed E-state index contributed by atoms with van der Waals surface area (Å²) in [6.45, 7) is 8.70. The highest BCUT2D eigenvalue weighted by Crippen LogP contribution is 2.22. The summed E-state index contributed by atoms with van der Waals surface area (Å²) in [5, 5.41) is 0. The summed E-state index contributed by atoms with van der Waals surface area (Å²) in [6.07, 6.45) is 2.39. The van der Waals surface area contributed by atoms with Crippen LogP contribution in [0.1, 0.15) is 33.6 Å². The Morgan fingerprint density at radius 2 is 2.17 bits per heavy atom. The first-order valence-electron chi connectivity index (χ1n) is 6.60. The van der Waals surface area contributed by atoms with Crippen molar-refractivity contribution >= 4 is 23.1 Å². The zero-order chi connectivity index (χ0) is 13.9. The Balaban J connectivity index is 2.62. The fourth-order valence-electron chi connectivity index (χ4n) is 2.50. The van der Waals surface area contributed by atoms with Gasteiger partial charge in [-0.25, -0.2) is 0 Å². The van der Waals surface area contributed by atoms with Crippen LogP contribution in [0.5, 0.6) is 0 Å². The van der Waals surface area contributed by atoms with Crippen molar-refractivity contribution in [1.82, 2.24) is 9.80 Å². The van der Waals surface area contributed by atoms with Gasteiger partial charge in [-0.1, -0.05) is 19.1 Å². The van der Waals surface area contributed by atoms with Gasteiger partial charge in [-0.3, -0.25) is 9.69 Å². The van der Waals surface area contributed by atoms with Crippen molar-refractivity contribution < 1.29 is 4.79 Å². The number of amides is 1. The summed E-state index contributed by atoms with van der Waals surface area (Å²) < 4.78 is 0. The smallest absolute Gasteiger partial charge is 0.234 e. The van der Waals surface area contributed by atoms with E-state index in [1.807, 2.05) is 7.05 Å². The van der Waals surface area contributed by atoms with E-state index in [1.165, 1.54) is 12.8 Å². The first-order valence-corrected chi connectivity index (χ1v) is 7.01. The molecule has 1 fully saturated rings. The van der Waals surface area contributed by atoms with Gasteiger partial charge in [-0.2, -0.15) is 0 Å². The zero-order valence-corrected chi connectivity index (χ0v) is 12.7. The largest absolute Gasteiger partial charge is 0.392 e. The second-order valence-electron chi connectivity index (χ2n) is 5.60. The van der Waals surface area contributed by atoms with Crippen LogP contribution in [0.15, 0.2) is 0 Å². The molecule has 5 heteroatoms. The van der Waals surface area contributed by atoms with Crippen molar-refractivity contribution in [2.24, 2.45) is 11.1 Å². The quantitative estimate of drug-likeness (QED) is 0.764. The topological polar surface area (TPSA) is 49.6 Å². The number of nitrogens with zero attached hydrogens (tertiary/aromatic N) is 2. The second-order valence-corrected chi connectivity index (χ2v) is 6.04. The summed E-state index contributed by atoms with van der Waals surface area (Å²) in [6, 6.07) is 0.478. The summed E-state index contributed by atoms with van der Waals surface area (Å²) in [5.41, 5.74) is 4.89. The standard InChI is InChI=1S/C13H25N3OS/c1-5-16-8-6-7-10(16)9-15(4)12(17)13(2,3)11(14)18/h10H,5-9H2,1-4H3,(H2,14,18). The third-order valence-corrected chi connectivity index (χ3v) is 4.40. The molecular weight excluding hydrogens is 246 g/mol. The molecule has 1 rings (SSSR count). The first kappa shape index (κ1) is 15.4. The van der Waals surface area contributed by atoms with Crippen LogP contribution in [0.2, 0.25) is 0 Å². The minimum absolute atomic E-state index is 0.0120. The second kappa shape index (κ2) is 5.97. The zero-order valence-electron chi connectivity index (χ0n) is 11.9. The van der Waals surface area contributed by atoms with Crippen molar-refractivity contribution in [3.8, 4) is 0 Å². The predicted molar refractivity (Wildman–Crippen MR) is 78.5 cm³/mol. The van der Waals surface area contributed by atoms with Crippen molar-refractivity contribution in [3.05, 3.63) is 0 Å². The summed E-state index contributed by atoms with van der Waals surface area (Å²) >= 11 is 4.98. The molecule has 1 unspecified atom stereocenters. The van der Waals surface area contributed by atoms with Gasteiger partial charge in [0.25, 0.3) is 0 Å². The third kappa shape index (κ3) is 3.20. The Bertz CT molecular complexity index is 330. The molecule has 104 valence electrons. The fraction of sp³-hybridized carbons (Fsp3) is 0.846. The highest BCUT2D eigenvalue weighted by Gasteiger charge is 2.35. The van der Waals surface area contributed by atoms with Crippen LogP contribution >= 0.6 is 12.2 Å². The van der Waals surface area contributed by atoms with Gasteiger partial charge in [0.15, 0.2) is 0 Å². The molecule has 1 aliphatic heterocycles. The van der Waals surface area contributed by atoms with Gasteiger partial charge >= 0.3 is 0 Å². The van der Waals surface area contributed by atoms with E-state index in [2.05, 4.69) is 11.8 Å². The number of nitrogens with two attached hydrogens (primary N) is 1. The molecule has 0 spiro atoms. The van der Waals surface area contributed by atoms with E-state index < -0.39 is 5.41 Å². The number of rotatable bonds is 5. The van der Waals surface area contributed by atoms with Crippen LogP contribution in [-0.4, -0.2) is 53.4 Å². The van der Waals surface area contributed by atoms with Crippen LogP contribution in [-0.2, 0) is 4.79 Å². The lowest BCUT2D eigenvalue weighted by molar-refractivity contribution is -0.136. The number of carbonyl (C=O) groups excluding carboxylic acids is 1. The number of likely N-dealkylation sites (tertiary alicyclic amines) is 1. The number of likely N-dealkylation sites (N-methyl/N-ethyl adjacent to an activating group) is 2. The monoisotopic (exact) mass is 271 g/mol. The lowest BCUT2D eigenvalue weighted by Gasteiger charge is -2.32. The fourth-order valence-corrected chi connectivity index (χ4v) is 2.59. The van der Waals surface area contributed by atoms with E-state index in [4.69, 9.17) is 18.0 Å². The number of hydrogen-bond acceptors (Lipinski definition) is 3. The average Bonchev–Trinajstić information content (AvgIpc) is 2.74. The number of hydrogen-bond donors (Lipinski definition) is 1. The third-order valence-electron chi connectivity index (χ3n) is 3.89. The van der Waals surface area contributed by atoms with Gasteiger partial charge in [0.2, 0.25) is 5.91 Å². The first-order chi connectivity index (χ1) is 8.30. The van der Waals surface area contributed by atoms with E-state index in [1.54, 1.807) is 18.7 Å². The molecule has 0 aromatic carbocycles. The molecule has 0 aromatic heterocycles. The lowest BCUT2D eigenvalue weighted by atomic mass is 9.91. The molecular formula is C13H25N3OS. The van der Waals surface area contributed by atoms with Crippen molar-refractivity contribution in [2.45, 2.75) is 39.7 Å². The van der Waals surface area contributed by atoms with Gasteiger partial charge in [0.1, 0.15) is 0 Å². The van der Waals surface area contributed by atoms with Gasteiger partial charge in [0, 0.05) is 19.6 Å². The summed E-state index contributed by atoms with van der Waals surface area (Å²) in [5.74, 6) is 0.0120. The van der Waals surface area contributed by atoms with E-state index in [-0.39, 0.29) is 10.9 Å². The van der Waals surface area contributed by atoms with Crippen molar-refractivity contribution in [2.75, 3.05) is 26.7 Å². The number of thiocarbonyl (C=S) groups is 1. The van der Waals surface area contributed by atoms with Crippen LogP contribution in [0.25, 0.3) is 0 Å². The maximum Gasteiger partial charge on any atom is 0.234 e. The molecule has 18 heavy (non-hydrogen) atoms. The van der Waals surface area contributed by atoms with Crippen LogP contribution in [0.3, 0.4) is 0 Å². The Hall–Kier alpha value is -0.680. The van der Waals surface area contributed by atoms with Crippen LogP contribution < -0.4 is 5.73 Å². The van der Waals surface area contributed by atoms with E-state index >= 15 is 0 Å². The van der Waals surface area contributed by atoms with Crippen molar-refractivity contribution in [3.63, 3.8) is 0 Å². The highest BCUT2D eigenvalue weighted by molar-refractivity contribution is 7.80.